The van der Waals surface area contributed by atoms with E-state index in [-0.39, 0.29) is 0 Å². The molecule has 0 fully saturated rings. The molecular weight excluding hydrogens is 190 g/mol. The summed E-state index contributed by atoms with van der Waals surface area (Å²) in [6, 6.07) is 4.10. The van der Waals surface area contributed by atoms with Crippen LogP contribution in [-0.2, 0) is 4.79 Å². The normalized spacial score (nSPS) is 9.53. The van der Waals surface area contributed by atoms with Gasteiger partial charge in [-0.15, -0.1) is 0 Å². The summed E-state index contributed by atoms with van der Waals surface area (Å²) < 4.78 is 5.58. The average Bonchev–Trinajstić information content (AvgIpc) is 2.23. The van der Waals surface area contributed by atoms with Crippen LogP contribution in [0.2, 0.25) is 0 Å². The highest BCUT2D eigenvalue weighted by Gasteiger charge is 2.05. The molecule has 0 aliphatic heterocycles. The van der Waals surface area contributed by atoms with Crippen LogP contribution in [0.4, 0.5) is 0 Å². The maximum atomic E-state index is 9.86. The average molecular weight is 205 g/mol. The maximum absolute atomic E-state index is 9.86. The maximum Gasteiger partial charge on any atom is 0.235 e. The zero-order chi connectivity index (χ0) is 11.3. The quantitative estimate of drug-likeness (QED) is 0.430. The summed E-state index contributed by atoms with van der Waals surface area (Å²) in [5.41, 5.74) is 3.45. The van der Waals surface area contributed by atoms with Gasteiger partial charge in [-0.2, -0.15) is 0 Å². The predicted octanol–water partition coefficient (Wildman–Crippen LogP) is 2.33. The van der Waals surface area contributed by atoms with E-state index in [0.29, 0.717) is 13.2 Å². The first-order chi connectivity index (χ1) is 7.16. The molecule has 0 N–H and O–H groups in total. The lowest BCUT2D eigenvalue weighted by molar-refractivity contribution is 0.324. The second kappa shape index (κ2) is 5.32. The van der Waals surface area contributed by atoms with Crippen molar-refractivity contribution in [2.75, 3.05) is 13.2 Å². The van der Waals surface area contributed by atoms with E-state index in [1.165, 1.54) is 11.6 Å². The molecule has 0 spiro atoms. The van der Waals surface area contributed by atoms with Crippen LogP contribution in [0.5, 0.6) is 5.75 Å². The van der Waals surface area contributed by atoms with Crippen molar-refractivity contribution in [3.05, 3.63) is 28.8 Å². The Hall–Kier alpha value is -1.60. The van der Waals surface area contributed by atoms with E-state index in [2.05, 4.69) is 11.1 Å². The third-order valence-corrected chi connectivity index (χ3v) is 2.39. The molecule has 3 nitrogen and oxygen atoms in total. The van der Waals surface area contributed by atoms with Gasteiger partial charge >= 0.3 is 0 Å². The number of rotatable bonds is 4. The first kappa shape index (κ1) is 11.5. The summed E-state index contributed by atoms with van der Waals surface area (Å²) in [5.74, 6) is 0.899. The molecule has 0 aliphatic rings. The molecule has 1 aromatic carbocycles. The number of carbonyl (C=O) groups excluding carboxylic acids is 1. The van der Waals surface area contributed by atoms with Gasteiger partial charge in [-0.1, -0.05) is 12.1 Å². The summed E-state index contributed by atoms with van der Waals surface area (Å²) in [5, 5.41) is 0. The Morgan fingerprint density at radius 2 is 1.93 bits per heavy atom. The molecule has 15 heavy (non-hydrogen) atoms. The Kier molecular flexibility index (Phi) is 4.07. The van der Waals surface area contributed by atoms with Crippen molar-refractivity contribution in [1.29, 1.82) is 0 Å². The minimum Gasteiger partial charge on any atom is -0.491 e. The van der Waals surface area contributed by atoms with Crippen molar-refractivity contribution in [1.82, 2.24) is 0 Å². The molecule has 1 aromatic rings. The molecule has 0 saturated carbocycles. The van der Waals surface area contributed by atoms with Crippen molar-refractivity contribution in [3.63, 3.8) is 0 Å². The molecule has 1 rings (SSSR count). The number of ether oxygens (including phenoxy) is 1. The van der Waals surface area contributed by atoms with E-state index in [1.807, 2.05) is 26.8 Å². The third kappa shape index (κ3) is 2.93. The van der Waals surface area contributed by atoms with Crippen molar-refractivity contribution in [2.45, 2.75) is 20.8 Å². The number of nitrogens with zero attached hydrogens (tertiary/aromatic N) is 1. The smallest absolute Gasteiger partial charge is 0.235 e. The van der Waals surface area contributed by atoms with Crippen LogP contribution in [0.1, 0.15) is 16.7 Å². The number of benzene rings is 1. The third-order valence-electron chi connectivity index (χ3n) is 2.39. The lowest BCUT2D eigenvalue weighted by Gasteiger charge is -2.12. The first-order valence-electron chi connectivity index (χ1n) is 4.90. The van der Waals surface area contributed by atoms with Gasteiger partial charge in [0.2, 0.25) is 6.08 Å². The highest BCUT2D eigenvalue weighted by molar-refractivity contribution is 5.44. The fraction of sp³-hybridized carbons (Fsp3) is 0.417. The molecule has 0 bridgehead atoms. The van der Waals surface area contributed by atoms with Crippen LogP contribution in [-0.4, -0.2) is 19.2 Å². The Labute approximate surface area is 89.8 Å². The second-order valence-electron chi connectivity index (χ2n) is 3.47. The van der Waals surface area contributed by atoms with Gasteiger partial charge in [0.1, 0.15) is 12.4 Å². The molecule has 0 aliphatic carbocycles. The SMILES string of the molecule is Cc1ccc(C)c(OCCN=C=O)c1C. The van der Waals surface area contributed by atoms with E-state index in [9.17, 15) is 4.79 Å². The molecule has 0 amide bonds. The fourth-order valence-corrected chi connectivity index (χ4v) is 1.39. The number of hydrogen-bond donors (Lipinski definition) is 0. The summed E-state index contributed by atoms with van der Waals surface area (Å²) in [4.78, 5) is 13.3. The first-order valence-corrected chi connectivity index (χ1v) is 4.90. The van der Waals surface area contributed by atoms with E-state index in [1.54, 1.807) is 0 Å². The monoisotopic (exact) mass is 205 g/mol. The lowest BCUT2D eigenvalue weighted by Crippen LogP contribution is -2.04. The Balaban J connectivity index is 2.75. The van der Waals surface area contributed by atoms with E-state index >= 15 is 0 Å². The zero-order valence-corrected chi connectivity index (χ0v) is 9.33. The molecule has 0 unspecified atom stereocenters. The standard InChI is InChI=1S/C12H15NO2/c1-9-4-5-10(2)12(11(9)3)15-7-6-13-8-14/h4-5H,6-7H2,1-3H3. The molecule has 0 heterocycles. The van der Waals surface area contributed by atoms with Gasteiger partial charge in [0.25, 0.3) is 0 Å². The lowest BCUT2D eigenvalue weighted by atomic mass is 10.1. The van der Waals surface area contributed by atoms with Crippen LogP contribution in [0, 0.1) is 20.8 Å². The van der Waals surface area contributed by atoms with Crippen molar-refractivity contribution >= 4 is 6.08 Å². The van der Waals surface area contributed by atoms with Crippen LogP contribution in [0.15, 0.2) is 17.1 Å². The molecule has 80 valence electrons. The van der Waals surface area contributed by atoms with Crippen molar-refractivity contribution in [3.8, 4) is 5.75 Å². The molecule has 0 saturated heterocycles. The number of isocyanates is 1. The van der Waals surface area contributed by atoms with Crippen molar-refractivity contribution in [2.24, 2.45) is 4.99 Å². The minimum atomic E-state index is 0.357. The van der Waals surface area contributed by atoms with Gasteiger partial charge in [0.05, 0.1) is 6.54 Å². The van der Waals surface area contributed by atoms with Gasteiger partial charge in [-0.3, -0.25) is 0 Å². The molecule has 0 atom stereocenters. The van der Waals surface area contributed by atoms with Gasteiger partial charge in [-0.05, 0) is 37.5 Å². The zero-order valence-electron chi connectivity index (χ0n) is 9.33. The summed E-state index contributed by atoms with van der Waals surface area (Å²) in [6.45, 7) is 6.85. The fourth-order valence-electron chi connectivity index (χ4n) is 1.39. The Bertz CT molecular complexity index is 393. The summed E-state index contributed by atoms with van der Waals surface area (Å²) in [7, 11) is 0. The number of aliphatic imine (C=N–C) groups is 1. The van der Waals surface area contributed by atoms with E-state index < -0.39 is 0 Å². The van der Waals surface area contributed by atoms with Crippen LogP contribution < -0.4 is 4.74 Å². The number of hydrogen-bond acceptors (Lipinski definition) is 3. The van der Waals surface area contributed by atoms with Crippen LogP contribution >= 0.6 is 0 Å². The minimum absolute atomic E-state index is 0.357. The molecule has 0 aromatic heterocycles. The highest BCUT2D eigenvalue weighted by atomic mass is 16.5. The van der Waals surface area contributed by atoms with Gasteiger partial charge < -0.3 is 4.74 Å². The Morgan fingerprint density at radius 3 is 2.60 bits per heavy atom. The second-order valence-corrected chi connectivity index (χ2v) is 3.47. The highest BCUT2D eigenvalue weighted by Crippen LogP contribution is 2.25. The molecule has 3 heteroatoms. The predicted molar refractivity (Wildman–Crippen MR) is 59.1 cm³/mol. The van der Waals surface area contributed by atoms with Gasteiger partial charge in [0, 0.05) is 0 Å². The molecular formula is C12H15NO2. The van der Waals surface area contributed by atoms with Crippen molar-refractivity contribution < 1.29 is 9.53 Å². The number of aryl methyl sites for hydroxylation is 2. The van der Waals surface area contributed by atoms with E-state index in [4.69, 9.17) is 4.74 Å². The van der Waals surface area contributed by atoms with Gasteiger partial charge in [0.15, 0.2) is 0 Å². The molecule has 0 radical (unpaired) electrons. The largest absolute Gasteiger partial charge is 0.491 e. The van der Waals surface area contributed by atoms with Crippen LogP contribution in [0.3, 0.4) is 0 Å². The summed E-state index contributed by atoms with van der Waals surface area (Å²) in [6.07, 6.45) is 1.49. The van der Waals surface area contributed by atoms with Gasteiger partial charge in [-0.25, -0.2) is 9.79 Å². The topological polar surface area (TPSA) is 38.7 Å². The van der Waals surface area contributed by atoms with E-state index in [0.717, 1.165) is 16.9 Å². The van der Waals surface area contributed by atoms with Crippen LogP contribution in [0.25, 0.3) is 0 Å². The Morgan fingerprint density at radius 1 is 1.27 bits per heavy atom. The summed E-state index contributed by atoms with van der Waals surface area (Å²) >= 11 is 0.